The van der Waals surface area contributed by atoms with Crippen LogP contribution in [0, 0.1) is 5.92 Å². The maximum atomic E-state index is 12.4. The standard InChI is InChI=1S/C24H31NO7S/c1-5-30-22(26)16-19(17-25-23(27)31-24(2,3)4)15-18-11-13-20(14-12-18)32-33(28,29)21-9-7-6-8-10-21/h6-14,19H,5,15-17H2,1-4H3,(H,25,27). The normalized spacial score (nSPS) is 12.5. The molecule has 2 aromatic carbocycles. The van der Waals surface area contributed by atoms with Crippen LogP contribution < -0.4 is 9.50 Å². The molecule has 0 aliphatic rings. The van der Waals surface area contributed by atoms with Crippen LogP contribution in [0.15, 0.2) is 59.5 Å². The first kappa shape index (κ1) is 26.2. The SMILES string of the molecule is CCOC(=O)CC(CNC(=O)OC(C)(C)C)Cc1ccc(OS(=O)(=O)c2ccccc2)cc1. The second-order valence-electron chi connectivity index (χ2n) is 8.46. The van der Waals surface area contributed by atoms with Gasteiger partial charge in [-0.1, -0.05) is 30.3 Å². The Labute approximate surface area is 195 Å². The number of benzene rings is 2. The first-order valence-corrected chi connectivity index (χ1v) is 12.1. The summed E-state index contributed by atoms with van der Waals surface area (Å²) in [6.07, 6.45) is 0.0103. The summed E-state index contributed by atoms with van der Waals surface area (Å²) in [6.45, 7) is 7.52. The van der Waals surface area contributed by atoms with Gasteiger partial charge in [0.05, 0.1) is 13.0 Å². The third kappa shape index (κ3) is 9.53. The summed E-state index contributed by atoms with van der Waals surface area (Å²) in [5.74, 6) is -0.421. The van der Waals surface area contributed by atoms with E-state index in [4.69, 9.17) is 13.7 Å². The molecule has 1 atom stereocenters. The summed E-state index contributed by atoms with van der Waals surface area (Å²) in [5, 5.41) is 2.69. The number of hydrogen-bond acceptors (Lipinski definition) is 7. The van der Waals surface area contributed by atoms with Gasteiger partial charge in [0.1, 0.15) is 16.2 Å². The number of esters is 1. The smallest absolute Gasteiger partial charge is 0.407 e. The highest BCUT2D eigenvalue weighted by Crippen LogP contribution is 2.21. The second kappa shape index (κ2) is 11.7. The van der Waals surface area contributed by atoms with E-state index in [2.05, 4.69) is 5.32 Å². The molecule has 0 radical (unpaired) electrons. The van der Waals surface area contributed by atoms with E-state index >= 15 is 0 Å². The highest BCUT2D eigenvalue weighted by Gasteiger charge is 2.21. The molecule has 180 valence electrons. The van der Waals surface area contributed by atoms with Crippen LogP contribution in [0.3, 0.4) is 0 Å². The van der Waals surface area contributed by atoms with Crippen LogP contribution in [0.2, 0.25) is 0 Å². The van der Waals surface area contributed by atoms with Gasteiger partial charge in [-0.3, -0.25) is 4.79 Å². The zero-order valence-electron chi connectivity index (χ0n) is 19.4. The molecule has 0 aliphatic heterocycles. The second-order valence-corrected chi connectivity index (χ2v) is 10.0. The van der Waals surface area contributed by atoms with E-state index < -0.39 is 21.8 Å². The fourth-order valence-electron chi connectivity index (χ4n) is 2.99. The topological polar surface area (TPSA) is 108 Å². The fourth-order valence-corrected chi connectivity index (χ4v) is 3.94. The number of amides is 1. The minimum Gasteiger partial charge on any atom is -0.466 e. The minimum absolute atomic E-state index is 0.0665. The van der Waals surface area contributed by atoms with Crippen molar-refractivity contribution in [3.8, 4) is 5.75 Å². The van der Waals surface area contributed by atoms with Crippen molar-refractivity contribution in [2.75, 3.05) is 13.2 Å². The van der Waals surface area contributed by atoms with Crippen LogP contribution in [0.4, 0.5) is 4.79 Å². The highest BCUT2D eigenvalue weighted by molar-refractivity contribution is 7.87. The maximum absolute atomic E-state index is 12.4. The Morgan fingerprint density at radius 2 is 1.64 bits per heavy atom. The molecule has 0 heterocycles. The molecule has 1 N–H and O–H groups in total. The molecule has 0 spiro atoms. The molecule has 2 aromatic rings. The first-order chi connectivity index (χ1) is 15.5. The summed E-state index contributed by atoms with van der Waals surface area (Å²) >= 11 is 0. The molecule has 8 nitrogen and oxygen atoms in total. The van der Waals surface area contributed by atoms with Gasteiger partial charge in [0.25, 0.3) is 0 Å². The zero-order valence-corrected chi connectivity index (χ0v) is 20.2. The summed E-state index contributed by atoms with van der Waals surface area (Å²) < 4.78 is 40.2. The number of nitrogens with one attached hydrogen (secondary N) is 1. The number of hydrogen-bond donors (Lipinski definition) is 1. The van der Waals surface area contributed by atoms with E-state index in [1.165, 1.54) is 12.1 Å². The van der Waals surface area contributed by atoms with Gasteiger partial charge in [-0.25, -0.2) is 4.79 Å². The number of carbonyl (C=O) groups is 2. The van der Waals surface area contributed by atoms with Crippen LogP contribution in [-0.2, 0) is 30.8 Å². The quantitative estimate of drug-likeness (QED) is 0.406. The number of rotatable bonds is 10. The van der Waals surface area contributed by atoms with Crippen LogP contribution in [0.1, 0.15) is 39.7 Å². The van der Waals surface area contributed by atoms with Gasteiger partial charge in [-0.05, 0) is 69.9 Å². The summed E-state index contributed by atoms with van der Waals surface area (Å²) in [5.41, 5.74) is 0.219. The Hall–Kier alpha value is -3.07. The molecule has 0 bridgehead atoms. The van der Waals surface area contributed by atoms with Crippen molar-refractivity contribution >= 4 is 22.2 Å². The average Bonchev–Trinajstić information content (AvgIpc) is 2.73. The Kier molecular flexibility index (Phi) is 9.28. The Morgan fingerprint density at radius 3 is 2.21 bits per heavy atom. The summed E-state index contributed by atoms with van der Waals surface area (Å²) in [7, 11) is -3.93. The maximum Gasteiger partial charge on any atom is 0.407 e. The molecule has 0 saturated carbocycles. The lowest BCUT2D eigenvalue weighted by Crippen LogP contribution is -2.36. The summed E-state index contributed by atoms with van der Waals surface area (Å²) in [6, 6.07) is 14.4. The molecule has 1 unspecified atom stereocenters. The molecule has 2 rings (SSSR count). The molecular formula is C24H31NO7S. The van der Waals surface area contributed by atoms with Crippen LogP contribution in [-0.4, -0.2) is 39.2 Å². The van der Waals surface area contributed by atoms with Crippen LogP contribution in [0.25, 0.3) is 0 Å². The van der Waals surface area contributed by atoms with Crippen LogP contribution in [0.5, 0.6) is 5.75 Å². The minimum atomic E-state index is -3.93. The third-order valence-corrected chi connectivity index (χ3v) is 5.64. The van der Waals surface area contributed by atoms with Crippen molar-refractivity contribution in [2.24, 2.45) is 5.92 Å². The van der Waals surface area contributed by atoms with E-state index in [0.717, 1.165) is 5.56 Å². The van der Waals surface area contributed by atoms with E-state index in [9.17, 15) is 18.0 Å². The molecule has 0 aliphatic carbocycles. The largest absolute Gasteiger partial charge is 0.466 e. The van der Waals surface area contributed by atoms with Gasteiger partial charge in [0.15, 0.2) is 0 Å². The molecule has 1 amide bonds. The van der Waals surface area contributed by atoms with Crippen LogP contribution >= 0.6 is 0 Å². The van der Waals surface area contributed by atoms with E-state index in [-0.39, 0.29) is 42.1 Å². The van der Waals surface area contributed by atoms with Crippen molar-refractivity contribution in [3.63, 3.8) is 0 Å². The van der Waals surface area contributed by atoms with Crippen molar-refractivity contribution < 1.29 is 31.7 Å². The fraction of sp³-hybridized carbons (Fsp3) is 0.417. The van der Waals surface area contributed by atoms with E-state index in [1.807, 2.05) is 0 Å². The Balaban J connectivity index is 2.04. The number of ether oxygens (including phenoxy) is 2. The van der Waals surface area contributed by atoms with Crippen molar-refractivity contribution in [3.05, 3.63) is 60.2 Å². The Bertz CT molecular complexity index is 1010. The van der Waals surface area contributed by atoms with Gasteiger partial charge in [0, 0.05) is 6.54 Å². The van der Waals surface area contributed by atoms with Gasteiger partial charge < -0.3 is 19.0 Å². The first-order valence-electron chi connectivity index (χ1n) is 10.7. The lowest BCUT2D eigenvalue weighted by atomic mass is 9.96. The Morgan fingerprint density at radius 1 is 1.00 bits per heavy atom. The highest BCUT2D eigenvalue weighted by atomic mass is 32.2. The van der Waals surface area contributed by atoms with Gasteiger partial charge in [0.2, 0.25) is 0 Å². The van der Waals surface area contributed by atoms with Crippen molar-refractivity contribution in [2.45, 2.75) is 51.0 Å². The van der Waals surface area contributed by atoms with Crippen molar-refractivity contribution in [1.82, 2.24) is 5.32 Å². The molecule has 0 fully saturated rings. The lowest BCUT2D eigenvalue weighted by molar-refractivity contribution is -0.144. The van der Waals surface area contributed by atoms with Gasteiger partial charge in [-0.2, -0.15) is 8.42 Å². The molecule has 33 heavy (non-hydrogen) atoms. The number of alkyl carbamates (subject to hydrolysis) is 1. The third-order valence-electron chi connectivity index (χ3n) is 4.38. The zero-order chi connectivity index (χ0) is 24.5. The number of carbonyl (C=O) groups excluding carboxylic acids is 2. The predicted molar refractivity (Wildman–Crippen MR) is 123 cm³/mol. The van der Waals surface area contributed by atoms with Crippen molar-refractivity contribution in [1.29, 1.82) is 0 Å². The summed E-state index contributed by atoms with van der Waals surface area (Å²) in [4.78, 5) is 24.1. The molecular weight excluding hydrogens is 446 g/mol. The van der Waals surface area contributed by atoms with E-state index in [0.29, 0.717) is 6.42 Å². The van der Waals surface area contributed by atoms with E-state index in [1.54, 1.807) is 70.2 Å². The predicted octanol–water partition coefficient (Wildman–Crippen LogP) is 4.09. The molecule has 0 aromatic heterocycles. The molecule has 9 heteroatoms. The lowest BCUT2D eigenvalue weighted by Gasteiger charge is -2.22. The van der Waals surface area contributed by atoms with Gasteiger partial charge >= 0.3 is 22.2 Å². The average molecular weight is 478 g/mol. The van der Waals surface area contributed by atoms with Gasteiger partial charge in [-0.15, -0.1) is 0 Å². The molecule has 0 saturated heterocycles. The monoisotopic (exact) mass is 477 g/mol.